The van der Waals surface area contributed by atoms with E-state index in [0.717, 1.165) is 5.82 Å². The lowest BCUT2D eigenvalue weighted by Crippen LogP contribution is -2.14. The molecule has 2 heteroatoms. The van der Waals surface area contributed by atoms with Gasteiger partial charge >= 0.3 is 0 Å². The van der Waals surface area contributed by atoms with Crippen molar-refractivity contribution < 1.29 is 0 Å². The zero-order valence-electron chi connectivity index (χ0n) is 11.3. The van der Waals surface area contributed by atoms with Crippen molar-refractivity contribution in [3.05, 3.63) is 47.5 Å². The maximum Gasteiger partial charge on any atom is 0.110 e. The van der Waals surface area contributed by atoms with Gasteiger partial charge in [-0.2, -0.15) is 0 Å². The smallest absolute Gasteiger partial charge is 0.110 e. The second kappa shape index (κ2) is 4.02. The van der Waals surface area contributed by atoms with Gasteiger partial charge in [-0.15, -0.1) is 0 Å². The molecule has 0 saturated carbocycles. The first-order valence-electron chi connectivity index (χ1n) is 6.01. The van der Waals surface area contributed by atoms with Crippen LogP contribution in [-0.4, -0.2) is 9.55 Å². The molecule has 0 spiro atoms. The fourth-order valence-electron chi connectivity index (χ4n) is 2.33. The Morgan fingerprint density at radius 1 is 1.12 bits per heavy atom. The summed E-state index contributed by atoms with van der Waals surface area (Å²) in [5.74, 6) is 1.03. The van der Waals surface area contributed by atoms with Crippen molar-refractivity contribution >= 4 is 0 Å². The van der Waals surface area contributed by atoms with Gasteiger partial charge in [-0.3, -0.25) is 0 Å². The van der Waals surface area contributed by atoms with E-state index in [1.54, 1.807) is 0 Å². The molecule has 0 amide bonds. The molecule has 0 aliphatic rings. The number of hydrogen-bond acceptors (Lipinski definition) is 1. The van der Waals surface area contributed by atoms with Crippen molar-refractivity contribution in [2.75, 3.05) is 0 Å². The number of rotatable bonds is 1. The molecule has 0 fully saturated rings. The summed E-state index contributed by atoms with van der Waals surface area (Å²) in [6.45, 7) is 11.0. The standard InChI is InChI=1S/C15H20N2/c1-11-13(15(3,4)5)7-6-8-14(11)17-10-9-16-12(17)2/h6-10H,1-5H3. The van der Waals surface area contributed by atoms with Gasteiger partial charge in [0.25, 0.3) is 0 Å². The van der Waals surface area contributed by atoms with Crippen LogP contribution in [0.1, 0.15) is 37.7 Å². The van der Waals surface area contributed by atoms with Crippen LogP contribution in [0.5, 0.6) is 0 Å². The van der Waals surface area contributed by atoms with Crippen LogP contribution in [0.3, 0.4) is 0 Å². The van der Waals surface area contributed by atoms with E-state index in [9.17, 15) is 0 Å². The van der Waals surface area contributed by atoms with Crippen LogP contribution in [0, 0.1) is 13.8 Å². The van der Waals surface area contributed by atoms with E-state index in [0.29, 0.717) is 0 Å². The summed E-state index contributed by atoms with van der Waals surface area (Å²) in [7, 11) is 0. The molecule has 1 heterocycles. The highest BCUT2D eigenvalue weighted by molar-refractivity contribution is 5.48. The van der Waals surface area contributed by atoms with E-state index in [1.807, 2.05) is 19.3 Å². The molecule has 0 radical (unpaired) electrons. The van der Waals surface area contributed by atoms with Gasteiger partial charge in [0.15, 0.2) is 0 Å². The molecule has 2 aromatic rings. The molecule has 0 bridgehead atoms. The van der Waals surface area contributed by atoms with E-state index in [-0.39, 0.29) is 5.41 Å². The zero-order chi connectivity index (χ0) is 12.6. The van der Waals surface area contributed by atoms with Gasteiger partial charge in [0, 0.05) is 18.1 Å². The summed E-state index contributed by atoms with van der Waals surface area (Å²) >= 11 is 0. The van der Waals surface area contributed by atoms with Crippen molar-refractivity contribution in [3.63, 3.8) is 0 Å². The highest BCUT2D eigenvalue weighted by atomic mass is 15.1. The van der Waals surface area contributed by atoms with Gasteiger partial charge < -0.3 is 4.57 Å². The highest BCUT2D eigenvalue weighted by Crippen LogP contribution is 2.29. The fraction of sp³-hybridized carbons (Fsp3) is 0.400. The molecule has 1 aromatic carbocycles. The molecule has 90 valence electrons. The molecular weight excluding hydrogens is 208 g/mol. The van der Waals surface area contributed by atoms with E-state index >= 15 is 0 Å². The third-order valence-corrected chi connectivity index (χ3v) is 3.20. The lowest BCUT2D eigenvalue weighted by Gasteiger charge is -2.23. The van der Waals surface area contributed by atoms with Gasteiger partial charge in [0.1, 0.15) is 5.82 Å². The maximum absolute atomic E-state index is 4.29. The number of hydrogen-bond donors (Lipinski definition) is 0. The Kier molecular flexibility index (Phi) is 2.82. The summed E-state index contributed by atoms with van der Waals surface area (Å²) in [4.78, 5) is 4.29. The Hall–Kier alpha value is -1.57. The van der Waals surface area contributed by atoms with Crippen LogP contribution in [0.15, 0.2) is 30.6 Å². The molecule has 0 aliphatic heterocycles. The average molecular weight is 228 g/mol. The molecule has 0 aliphatic carbocycles. The predicted molar refractivity (Wildman–Crippen MR) is 71.7 cm³/mol. The Morgan fingerprint density at radius 3 is 2.35 bits per heavy atom. The number of nitrogens with zero attached hydrogens (tertiary/aromatic N) is 2. The van der Waals surface area contributed by atoms with Gasteiger partial charge in [-0.05, 0) is 36.5 Å². The predicted octanol–water partition coefficient (Wildman–Crippen LogP) is 3.79. The molecular formula is C15H20N2. The van der Waals surface area contributed by atoms with E-state index in [4.69, 9.17) is 0 Å². The molecule has 17 heavy (non-hydrogen) atoms. The van der Waals surface area contributed by atoms with Gasteiger partial charge in [-0.1, -0.05) is 32.9 Å². The Labute approximate surface area is 103 Å². The number of aromatic nitrogens is 2. The summed E-state index contributed by atoms with van der Waals surface area (Å²) in [6, 6.07) is 6.49. The Balaban J connectivity index is 2.62. The van der Waals surface area contributed by atoms with Crippen LogP contribution >= 0.6 is 0 Å². The summed E-state index contributed by atoms with van der Waals surface area (Å²) in [6.07, 6.45) is 3.86. The topological polar surface area (TPSA) is 17.8 Å². The molecule has 0 N–H and O–H groups in total. The van der Waals surface area contributed by atoms with Crippen molar-refractivity contribution in [3.8, 4) is 5.69 Å². The molecule has 2 rings (SSSR count). The lowest BCUT2D eigenvalue weighted by molar-refractivity contribution is 0.585. The number of aryl methyl sites for hydroxylation is 1. The van der Waals surface area contributed by atoms with E-state index < -0.39 is 0 Å². The van der Waals surface area contributed by atoms with Crippen LogP contribution in [0.4, 0.5) is 0 Å². The fourth-order valence-corrected chi connectivity index (χ4v) is 2.33. The second-order valence-corrected chi connectivity index (χ2v) is 5.54. The van der Waals surface area contributed by atoms with Crippen LogP contribution in [0.25, 0.3) is 5.69 Å². The van der Waals surface area contributed by atoms with Gasteiger partial charge in [0.05, 0.1) is 0 Å². The van der Waals surface area contributed by atoms with Crippen molar-refractivity contribution in [1.82, 2.24) is 9.55 Å². The highest BCUT2D eigenvalue weighted by Gasteiger charge is 2.18. The minimum absolute atomic E-state index is 0.175. The first-order chi connectivity index (χ1) is 7.91. The number of benzene rings is 1. The Bertz CT molecular complexity index is 530. The van der Waals surface area contributed by atoms with Crippen LogP contribution in [-0.2, 0) is 5.41 Å². The largest absolute Gasteiger partial charge is 0.304 e. The van der Waals surface area contributed by atoms with Crippen LogP contribution in [0.2, 0.25) is 0 Å². The van der Waals surface area contributed by atoms with Crippen molar-refractivity contribution in [2.24, 2.45) is 0 Å². The SMILES string of the molecule is Cc1c(-n2ccnc2C)cccc1C(C)(C)C. The summed E-state index contributed by atoms with van der Waals surface area (Å²) in [5, 5.41) is 0. The average Bonchev–Trinajstić information content (AvgIpc) is 2.63. The first-order valence-corrected chi connectivity index (χ1v) is 6.01. The van der Waals surface area contributed by atoms with E-state index in [1.165, 1.54) is 16.8 Å². The molecule has 0 saturated heterocycles. The zero-order valence-corrected chi connectivity index (χ0v) is 11.3. The van der Waals surface area contributed by atoms with Crippen molar-refractivity contribution in [2.45, 2.75) is 40.0 Å². The monoisotopic (exact) mass is 228 g/mol. The molecule has 0 atom stereocenters. The third kappa shape index (κ3) is 2.12. The van der Waals surface area contributed by atoms with E-state index in [2.05, 4.69) is 55.4 Å². The Morgan fingerprint density at radius 2 is 1.82 bits per heavy atom. The first kappa shape index (κ1) is 11.9. The lowest BCUT2D eigenvalue weighted by atomic mass is 9.83. The van der Waals surface area contributed by atoms with Crippen LogP contribution < -0.4 is 0 Å². The molecule has 0 unspecified atom stereocenters. The van der Waals surface area contributed by atoms with Gasteiger partial charge in [-0.25, -0.2) is 4.98 Å². The second-order valence-electron chi connectivity index (χ2n) is 5.54. The van der Waals surface area contributed by atoms with Crippen molar-refractivity contribution in [1.29, 1.82) is 0 Å². The number of imidazole rings is 1. The minimum Gasteiger partial charge on any atom is -0.304 e. The molecule has 1 aromatic heterocycles. The third-order valence-electron chi connectivity index (χ3n) is 3.20. The normalized spacial score (nSPS) is 11.8. The van der Waals surface area contributed by atoms with Gasteiger partial charge in [0.2, 0.25) is 0 Å². The summed E-state index contributed by atoms with van der Waals surface area (Å²) in [5.41, 5.74) is 4.13. The maximum atomic E-state index is 4.29. The minimum atomic E-state index is 0.175. The summed E-state index contributed by atoms with van der Waals surface area (Å²) < 4.78 is 2.14. The molecule has 2 nitrogen and oxygen atoms in total. The quantitative estimate of drug-likeness (QED) is 0.726.